The Hall–Kier alpha value is -0.980. The maximum absolute atomic E-state index is 8.54. The first-order chi connectivity index (χ1) is 8.08. The van der Waals surface area contributed by atoms with Gasteiger partial charge in [0.05, 0.1) is 22.5 Å². The van der Waals surface area contributed by atoms with Crippen molar-refractivity contribution in [3.63, 3.8) is 0 Å². The predicted molar refractivity (Wildman–Crippen MR) is 75.5 cm³/mol. The molecule has 0 atom stereocenters. The molecule has 0 fully saturated rings. The summed E-state index contributed by atoms with van der Waals surface area (Å²) in [6.45, 7) is 6.41. The van der Waals surface area contributed by atoms with Gasteiger partial charge in [0.15, 0.2) is 11.5 Å². The van der Waals surface area contributed by atoms with Crippen LogP contribution in [0.25, 0.3) is 0 Å². The molecule has 1 rings (SSSR count). The molecular weight excluding hydrogens is 333 g/mol. The second-order valence-corrected chi connectivity index (χ2v) is 4.84. The molecule has 4 nitrogen and oxygen atoms in total. The molecule has 1 N–H and O–H groups in total. The molecule has 0 amide bonds. The van der Waals surface area contributed by atoms with Gasteiger partial charge in [-0.05, 0) is 55.5 Å². The van der Waals surface area contributed by atoms with Gasteiger partial charge in [-0.25, -0.2) is 0 Å². The zero-order valence-corrected chi connectivity index (χ0v) is 12.3. The highest BCUT2D eigenvalue weighted by Crippen LogP contribution is 2.34. The highest BCUT2D eigenvalue weighted by molar-refractivity contribution is 14.1. The Morgan fingerprint density at radius 3 is 2.71 bits per heavy atom. The van der Waals surface area contributed by atoms with Crippen molar-refractivity contribution in [3.05, 3.63) is 21.3 Å². The van der Waals surface area contributed by atoms with E-state index in [0.29, 0.717) is 12.4 Å². The van der Waals surface area contributed by atoms with Gasteiger partial charge >= 0.3 is 0 Å². The van der Waals surface area contributed by atoms with Crippen molar-refractivity contribution < 1.29 is 14.7 Å². The predicted octanol–water partition coefficient (Wildman–Crippen LogP) is 3.29. The second-order valence-electron chi connectivity index (χ2n) is 3.67. The molecule has 5 heteroatoms. The summed E-state index contributed by atoms with van der Waals surface area (Å²) in [5.41, 5.74) is 0.774. The topological polar surface area (TPSA) is 51.0 Å². The third-order valence-corrected chi connectivity index (χ3v) is 2.69. The normalized spacial score (nSPS) is 11.1. The van der Waals surface area contributed by atoms with Gasteiger partial charge in [-0.15, -0.1) is 0 Å². The van der Waals surface area contributed by atoms with Gasteiger partial charge < -0.3 is 14.7 Å². The van der Waals surface area contributed by atoms with Crippen molar-refractivity contribution in [3.8, 4) is 11.5 Å². The maximum Gasteiger partial charge on any atom is 0.174 e. The number of hydrogen-bond acceptors (Lipinski definition) is 4. The highest BCUT2D eigenvalue weighted by Gasteiger charge is 2.12. The SMILES string of the molecule is CCOc1cc(/C=N/O)cc(I)c1OC(C)C. The van der Waals surface area contributed by atoms with Crippen LogP contribution in [0, 0.1) is 3.57 Å². The van der Waals surface area contributed by atoms with E-state index in [1.807, 2.05) is 26.8 Å². The number of rotatable bonds is 5. The minimum atomic E-state index is 0.0834. The van der Waals surface area contributed by atoms with Gasteiger partial charge in [0.2, 0.25) is 0 Å². The zero-order valence-electron chi connectivity index (χ0n) is 10.1. The van der Waals surface area contributed by atoms with Crippen LogP contribution in [0.4, 0.5) is 0 Å². The summed E-state index contributed by atoms with van der Waals surface area (Å²) in [6.07, 6.45) is 1.45. The Morgan fingerprint density at radius 1 is 1.47 bits per heavy atom. The largest absolute Gasteiger partial charge is 0.490 e. The monoisotopic (exact) mass is 349 g/mol. The van der Waals surface area contributed by atoms with Gasteiger partial charge in [0.1, 0.15) is 0 Å². The summed E-state index contributed by atoms with van der Waals surface area (Å²) in [4.78, 5) is 0. The first kappa shape index (κ1) is 14.1. The van der Waals surface area contributed by atoms with Gasteiger partial charge in [-0.1, -0.05) is 5.16 Å². The van der Waals surface area contributed by atoms with Gasteiger partial charge in [0, 0.05) is 5.56 Å². The van der Waals surface area contributed by atoms with E-state index in [2.05, 4.69) is 27.7 Å². The Bertz CT molecular complexity index is 405. The van der Waals surface area contributed by atoms with Crippen LogP contribution >= 0.6 is 22.6 Å². The van der Waals surface area contributed by atoms with Crippen LogP contribution in [0.1, 0.15) is 26.3 Å². The summed E-state index contributed by atoms with van der Waals surface area (Å²) >= 11 is 2.18. The van der Waals surface area contributed by atoms with Crippen LogP contribution in [0.2, 0.25) is 0 Å². The van der Waals surface area contributed by atoms with E-state index in [0.717, 1.165) is 14.9 Å². The average molecular weight is 349 g/mol. The van der Waals surface area contributed by atoms with E-state index in [1.54, 1.807) is 6.07 Å². The third kappa shape index (κ3) is 4.07. The van der Waals surface area contributed by atoms with E-state index in [9.17, 15) is 0 Å². The first-order valence-electron chi connectivity index (χ1n) is 5.38. The summed E-state index contributed by atoms with van der Waals surface area (Å²) < 4.78 is 12.2. The Morgan fingerprint density at radius 2 is 2.18 bits per heavy atom. The lowest BCUT2D eigenvalue weighted by Gasteiger charge is -2.16. The molecule has 17 heavy (non-hydrogen) atoms. The molecule has 94 valence electrons. The molecule has 0 bridgehead atoms. The van der Waals surface area contributed by atoms with Crippen molar-refractivity contribution in [2.45, 2.75) is 26.9 Å². The highest BCUT2D eigenvalue weighted by atomic mass is 127. The van der Waals surface area contributed by atoms with Crippen LogP contribution in [0.3, 0.4) is 0 Å². The second kappa shape index (κ2) is 6.68. The summed E-state index contributed by atoms with van der Waals surface area (Å²) in [5.74, 6) is 1.40. The minimum Gasteiger partial charge on any atom is -0.490 e. The van der Waals surface area contributed by atoms with Crippen molar-refractivity contribution in [2.24, 2.45) is 5.16 Å². The number of ether oxygens (including phenoxy) is 2. The molecule has 0 aromatic heterocycles. The Balaban J connectivity index is 3.17. The third-order valence-electron chi connectivity index (χ3n) is 1.89. The van der Waals surface area contributed by atoms with Crippen molar-refractivity contribution >= 4 is 28.8 Å². The number of hydrogen-bond donors (Lipinski definition) is 1. The lowest BCUT2D eigenvalue weighted by atomic mass is 10.2. The van der Waals surface area contributed by atoms with Crippen LogP contribution in [-0.2, 0) is 0 Å². The maximum atomic E-state index is 8.54. The van der Waals surface area contributed by atoms with Gasteiger partial charge in [-0.3, -0.25) is 0 Å². The number of oxime groups is 1. The molecule has 0 spiro atoms. The fourth-order valence-electron chi connectivity index (χ4n) is 1.34. The van der Waals surface area contributed by atoms with Gasteiger partial charge in [0.25, 0.3) is 0 Å². The van der Waals surface area contributed by atoms with E-state index in [-0.39, 0.29) is 6.10 Å². The Labute approximate surface area is 115 Å². The quantitative estimate of drug-likeness (QED) is 0.384. The lowest BCUT2D eigenvalue weighted by Crippen LogP contribution is -2.09. The number of nitrogens with zero attached hydrogens (tertiary/aromatic N) is 1. The zero-order chi connectivity index (χ0) is 12.8. The molecule has 0 aliphatic carbocycles. The van der Waals surface area contributed by atoms with Crippen molar-refractivity contribution in [1.29, 1.82) is 0 Å². The van der Waals surface area contributed by atoms with Gasteiger partial charge in [-0.2, -0.15) is 0 Å². The van der Waals surface area contributed by atoms with Crippen LogP contribution in [0.15, 0.2) is 17.3 Å². The minimum absolute atomic E-state index is 0.0834. The molecule has 0 radical (unpaired) electrons. The molecule has 1 aromatic carbocycles. The van der Waals surface area contributed by atoms with Crippen molar-refractivity contribution in [2.75, 3.05) is 6.61 Å². The number of halogens is 1. The van der Waals surface area contributed by atoms with E-state index in [1.165, 1.54) is 6.21 Å². The molecular formula is C12H16INO3. The first-order valence-corrected chi connectivity index (χ1v) is 6.46. The Kier molecular flexibility index (Phi) is 5.54. The van der Waals surface area contributed by atoms with Crippen molar-refractivity contribution in [1.82, 2.24) is 0 Å². The molecule has 0 aliphatic rings. The number of benzene rings is 1. The van der Waals surface area contributed by atoms with Crippen LogP contribution in [0.5, 0.6) is 11.5 Å². The van der Waals surface area contributed by atoms with E-state index < -0.39 is 0 Å². The molecule has 0 aliphatic heterocycles. The molecule has 0 saturated heterocycles. The molecule has 0 heterocycles. The summed E-state index contributed by atoms with van der Waals surface area (Å²) in [5, 5.41) is 11.6. The van der Waals surface area contributed by atoms with E-state index in [4.69, 9.17) is 14.7 Å². The molecule has 0 unspecified atom stereocenters. The smallest absolute Gasteiger partial charge is 0.174 e. The summed E-state index contributed by atoms with van der Waals surface area (Å²) in [7, 11) is 0. The summed E-state index contributed by atoms with van der Waals surface area (Å²) in [6, 6.07) is 3.67. The van der Waals surface area contributed by atoms with E-state index >= 15 is 0 Å². The standard InChI is InChI=1S/C12H16INO3/c1-4-16-11-6-9(7-14-15)5-10(13)12(11)17-8(2)3/h5-8,15H,4H2,1-3H3/b14-7+. The average Bonchev–Trinajstić information content (AvgIpc) is 2.23. The molecule has 1 aromatic rings. The lowest BCUT2D eigenvalue weighted by molar-refractivity contribution is 0.222. The van der Waals surface area contributed by atoms with Crippen LogP contribution < -0.4 is 9.47 Å². The fourth-order valence-corrected chi connectivity index (χ4v) is 2.09. The van der Waals surface area contributed by atoms with Crippen LogP contribution in [-0.4, -0.2) is 24.1 Å². The molecule has 0 saturated carbocycles. The fraction of sp³-hybridized carbons (Fsp3) is 0.417.